The van der Waals surface area contributed by atoms with Gasteiger partial charge in [-0.25, -0.2) is 0 Å². The highest BCUT2D eigenvalue weighted by Crippen LogP contribution is 2.32. The average Bonchev–Trinajstić information content (AvgIpc) is 3.03. The molecule has 2 aliphatic heterocycles. The minimum Gasteiger partial charge on any atom is -0.352 e. The molecule has 8 nitrogen and oxygen atoms in total. The van der Waals surface area contributed by atoms with E-state index in [0.717, 1.165) is 12.0 Å². The van der Waals surface area contributed by atoms with Crippen LogP contribution >= 0.6 is 0 Å². The third-order valence-corrected chi connectivity index (χ3v) is 5.18. The van der Waals surface area contributed by atoms with Crippen LogP contribution in [-0.2, 0) is 9.59 Å². The van der Waals surface area contributed by atoms with Crippen LogP contribution in [-0.4, -0.2) is 53.6 Å². The first-order chi connectivity index (χ1) is 13.9. The van der Waals surface area contributed by atoms with Gasteiger partial charge in [-0.3, -0.25) is 24.3 Å². The van der Waals surface area contributed by atoms with E-state index in [1.165, 1.54) is 6.34 Å². The standard InChI is InChI=1S/C21H27N5O3/c1-5-9-25-12-23-26-11-16(14(4)18(26)21(25)29)20(28)24-17-10-15(8-7-13(17)3)19(27)22-6-2/h7-8,10,12,16H,5-6,9,11H2,1-4H3,(H,22,27)(H,24,28). The molecule has 3 rings (SSSR count). The Morgan fingerprint density at radius 1 is 1.24 bits per heavy atom. The summed E-state index contributed by atoms with van der Waals surface area (Å²) in [5.74, 6) is -1.01. The molecule has 0 radical (unpaired) electrons. The number of nitrogens with zero attached hydrogens (tertiary/aromatic N) is 3. The van der Waals surface area contributed by atoms with Crippen LogP contribution in [0.25, 0.3) is 0 Å². The van der Waals surface area contributed by atoms with Gasteiger partial charge >= 0.3 is 0 Å². The molecule has 0 aromatic heterocycles. The van der Waals surface area contributed by atoms with Gasteiger partial charge in [0.1, 0.15) is 12.0 Å². The van der Waals surface area contributed by atoms with Crippen LogP contribution < -0.4 is 10.6 Å². The molecule has 3 amide bonds. The summed E-state index contributed by atoms with van der Waals surface area (Å²) in [6.07, 6.45) is 2.36. The predicted molar refractivity (Wildman–Crippen MR) is 111 cm³/mol. The molecule has 2 heterocycles. The highest BCUT2D eigenvalue weighted by atomic mass is 16.2. The number of carbonyl (C=O) groups is 3. The van der Waals surface area contributed by atoms with Crippen LogP contribution in [0.1, 0.15) is 43.1 Å². The third kappa shape index (κ3) is 4.01. The number of anilines is 1. The SMILES string of the molecule is CCCN1C=NN2CC(C(=O)Nc3cc(C(=O)NCC)ccc3C)C(C)=C2C1=O. The quantitative estimate of drug-likeness (QED) is 0.769. The van der Waals surface area contributed by atoms with Crippen molar-refractivity contribution in [3.05, 3.63) is 40.6 Å². The van der Waals surface area contributed by atoms with E-state index < -0.39 is 5.92 Å². The Hall–Kier alpha value is -3.16. The number of benzene rings is 1. The van der Waals surface area contributed by atoms with Crippen molar-refractivity contribution in [3.8, 4) is 0 Å². The van der Waals surface area contributed by atoms with Crippen LogP contribution in [0.5, 0.6) is 0 Å². The van der Waals surface area contributed by atoms with Crippen LogP contribution in [0, 0.1) is 12.8 Å². The van der Waals surface area contributed by atoms with Crippen LogP contribution in [0.2, 0.25) is 0 Å². The number of rotatable bonds is 6. The molecule has 0 bridgehead atoms. The van der Waals surface area contributed by atoms with Gasteiger partial charge in [-0.05, 0) is 50.5 Å². The molecule has 0 aliphatic carbocycles. The first kappa shape index (κ1) is 20.6. The maximum Gasteiger partial charge on any atom is 0.277 e. The number of aryl methyl sites for hydroxylation is 1. The van der Waals surface area contributed by atoms with Gasteiger partial charge in [0.2, 0.25) is 5.91 Å². The molecule has 2 N–H and O–H groups in total. The Bertz CT molecular complexity index is 906. The third-order valence-electron chi connectivity index (χ3n) is 5.18. The van der Waals surface area contributed by atoms with Crippen molar-refractivity contribution < 1.29 is 14.4 Å². The molecular weight excluding hydrogens is 370 g/mol. The van der Waals surface area contributed by atoms with Gasteiger partial charge < -0.3 is 10.6 Å². The Balaban J connectivity index is 1.80. The van der Waals surface area contributed by atoms with E-state index in [2.05, 4.69) is 15.7 Å². The first-order valence-electron chi connectivity index (χ1n) is 9.90. The fraction of sp³-hybridized carbons (Fsp3) is 0.429. The zero-order valence-electron chi connectivity index (χ0n) is 17.3. The second-order valence-corrected chi connectivity index (χ2v) is 7.27. The lowest BCUT2D eigenvalue weighted by molar-refractivity contribution is -0.125. The van der Waals surface area contributed by atoms with Crippen molar-refractivity contribution in [1.82, 2.24) is 15.2 Å². The van der Waals surface area contributed by atoms with Gasteiger partial charge in [0.15, 0.2) is 0 Å². The molecule has 29 heavy (non-hydrogen) atoms. The smallest absolute Gasteiger partial charge is 0.277 e. The fourth-order valence-electron chi connectivity index (χ4n) is 3.53. The molecule has 154 valence electrons. The van der Waals surface area contributed by atoms with Crippen LogP contribution in [0.4, 0.5) is 5.69 Å². The molecule has 8 heteroatoms. The molecule has 1 aromatic rings. The minimum atomic E-state index is -0.486. The van der Waals surface area contributed by atoms with E-state index in [4.69, 9.17) is 0 Å². The van der Waals surface area contributed by atoms with E-state index in [0.29, 0.717) is 42.2 Å². The number of hydrogen-bond acceptors (Lipinski definition) is 5. The zero-order chi connectivity index (χ0) is 21.1. The molecule has 0 saturated heterocycles. The van der Waals surface area contributed by atoms with E-state index >= 15 is 0 Å². The minimum absolute atomic E-state index is 0.121. The topological polar surface area (TPSA) is 94.1 Å². The molecule has 0 fully saturated rings. The molecule has 1 atom stereocenters. The molecule has 0 saturated carbocycles. The van der Waals surface area contributed by atoms with Crippen LogP contribution in [0.3, 0.4) is 0 Å². The summed E-state index contributed by atoms with van der Waals surface area (Å²) in [5, 5.41) is 11.6. The van der Waals surface area contributed by atoms with Crippen molar-refractivity contribution in [2.45, 2.75) is 34.1 Å². The predicted octanol–water partition coefficient (Wildman–Crippen LogP) is 2.08. The normalized spacial score (nSPS) is 18.2. The summed E-state index contributed by atoms with van der Waals surface area (Å²) >= 11 is 0. The van der Waals surface area contributed by atoms with Gasteiger partial charge in [0, 0.05) is 24.3 Å². The lowest BCUT2D eigenvalue weighted by Crippen LogP contribution is -2.40. The summed E-state index contributed by atoms with van der Waals surface area (Å²) < 4.78 is 0. The van der Waals surface area contributed by atoms with E-state index in [9.17, 15) is 14.4 Å². The summed E-state index contributed by atoms with van der Waals surface area (Å²) in [4.78, 5) is 39.4. The maximum atomic E-state index is 13.0. The number of nitrogens with one attached hydrogen (secondary N) is 2. The van der Waals surface area contributed by atoms with Gasteiger partial charge in [0.05, 0.1) is 12.5 Å². The van der Waals surface area contributed by atoms with Gasteiger partial charge in [-0.15, -0.1) is 0 Å². The molecular formula is C21H27N5O3. The van der Waals surface area contributed by atoms with Crippen molar-refractivity contribution in [3.63, 3.8) is 0 Å². The Morgan fingerprint density at radius 2 is 2.00 bits per heavy atom. The highest BCUT2D eigenvalue weighted by Gasteiger charge is 2.40. The molecule has 0 spiro atoms. The van der Waals surface area contributed by atoms with Gasteiger partial charge in [-0.1, -0.05) is 13.0 Å². The summed E-state index contributed by atoms with van der Waals surface area (Å²) in [7, 11) is 0. The van der Waals surface area contributed by atoms with Crippen molar-refractivity contribution in [2.24, 2.45) is 11.0 Å². The largest absolute Gasteiger partial charge is 0.352 e. The zero-order valence-corrected chi connectivity index (χ0v) is 17.3. The van der Waals surface area contributed by atoms with Crippen molar-refractivity contribution >= 4 is 29.7 Å². The second kappa shape index (κ2) is 8.46. The summed E-state index contributed by atoms with van der Waals surface area (Å²) in [6, 6.07) is 5.21. The number of hydrogen-bond donors (Lipinski definition) is 2. The number of carbonyl (C=O) groups excluding carboxylic acids is 3. The summed E-state index contributed by atoms with van der Waals surface area (Å²) in [6.45, 7) is 8.97. The Labute approximate surface area is 170 Å². The van der Waals surface area contributed by atoms with E-state index in [1.54, 1.807) is 35.0 Å². The molecule has 1 aromatic carbocycles. The monoisotopic (exact) mass is 397 g/mol. The number of amides is 3. The Kier molecular flexibility index (Phi) is 6.00. The Morgan fingerprint density at radius 3 is 2.69 bits per heavy atom. The second-order valence-electron chi connectivity index (χ2n) is 7.27. The van der Waals surface area contributed by atoms with E-state index in [-0.39, 0.29) is 17.7 Å². The fourth-order valence-corrected chi connectivity index (χ4v) is 3.53. The van der Waals surface area contributed by atoms with Gasteiger partial charge in [-0.2, -0.15) is 5.10 Å². The lowest BCUT2D eigenvalue weighted by Gasteiger charge is -2.27. The van der Waals surface area contributed by atoms with E-state index in [1.807, 2.05) is 20.8 Å². The van der Waals surface area contributed by atoms with Crippen molar-refractivity contribution in [1.29, 1.82) is 0 Å². The number of hydrazone groups is 1. The molecule has 2 aliphatic rings. The summed E-state index contributed by atoms with van der Waals surface area (Å²) in [5.41, 5.74) is 3.12. The first-order valence-corrected chi connectivity index (χ1v) is 9.90. The van der Waals surface area contributed by atoms with Gasteiger partial charge in [0.25, 0.3) is 11.8 Å². The highest BCUT2D eigenvalue weighted by molar-refractivity contribution is 6.05. The average molecular weight is 397 g/mol. The van der Waals surface area contributed by atoms with Crippen LogP contribution in [0.15, 0.2) is 34.6 Å². The lowest BCUT2D eigenvalue weighted by atomic mass is 10.0. The maximum absolute atomic E-state index is 13.0. The molecule has 1 unspecified atom stereocenters. The van der Waals surface area contributed by atoms with Crippen molar-refractivity contribution in [2.75, 3.05) is 25.0 Å². The number of fused-ring (bicyclic) bond motifs is 1.